The molecule has 9 heteroatoms. The summed E-state index contributed by atoms with van der Waals surface area (Å²) >= 11 is 0. The number of hydrazone groups is 1. The molecule has 1 amide bonds. The molecular formula is C18H22N4O5. The number of aliphatic carboxylic acids is 1. The summed E-state index contributed by atoms with van der Waals surface area (Å²) in [6.45, 7) is 2.46. The van der Waals surface area contributed by atoms with Gasteiger partial charge in [0.2, 0.25) is 5.66 Å². The number of rotatable bonds is 4. The number of carboxylic acids is 1. The van der Waals surface area contributed by atoms with Crippen LogP contribution in [0.5, 0.6) is 5.75 Å². The molecule has 2 atom stereocenters. The third-order valence-corrected chi connectivity index (χ3v) is 5.43. The summed E-state index contributed by atoms with van der Waals surface area (Å²) in [7, 11) is 1.57. The minimum absolute atomic E-state index is 0.0205. The lowest BCUT2D eigenvalue weighted by atomic mass is 9.80. The molecule has 0 radical (unpaired) electrons. The number of nitrogens with zero attached hydrogens (tertiary/aromatic N) is 3. The lowest BCUT2D eigenvalue weighted by molar-refractivity contribution is -0.142. The van der Waals surface area contributed by atoms with Crippen LogP contribution in [0.4, 0.5) is 5.69 Å². The number of hydrogen-bond acceptors (Lipinski definition) is 7. The van der Waals surface area contributed by atoms with E-state index in [0.717, 1.165) is 0 Å². The second-order valence-corrected chi connectivity index (χ2v) is 6.72. The minimum atomic E-state index is -1.20. The fourth-order valence-corrected chi connectivity index (χ4v) is 4.22. The van der Waals surface area contributed by atoms with Gasteiger partial charge in [-0.2, -0.15) is 5.10 Å². The van der Waals surface area contributed by atoms with Crippen molar-refractivity contribution >= 4 is 23.3 Å². The lowest BCUT2D eigenvalue weighted by Crippen LogP contribution is -2.73. The number of amides is 1. The summed E-state index contributed by atoms with van der Waals surface area (Å²) in [6.07, 6.45) is 0.515. The number of carbonyl (C=O) groups is 2. The van der Waals surface area contributed by atoms with E-state index in [-0.39, 0.29) is 11.6 Å². The number of nitrogens with one attached hydrogen (secondary N) is 1. The molecular weight excluding hydrogens is 352 g/mol. The first-order valence-electron chi connectivity index (χ1n) is 8.96. The molecule has 1 aromatic rings. The normalized spacial score (nSPS) is 28.3. The number of morpholine rings is 1. The number of carbonyl (C=O) groups excluding carboxylic acids is 1. The number of anilines is 1. The Bertz CT molecular complexity index is 774. The first-order chi connectivity index (χ1) is 13.1. The number of benzene rings is 1. The Labute approximate surface area is 156 Å². The van der Waals surface area contributed by atoms with Gasteiger partial charge in [0, 0.05) is 19.6 Å². The summed E-state index contributed by atoms with van der Waals surface area (Å²) in [4.78, 5) is 27.2. The first kappa shape index (κ1) is 17.7. The van der Waals surface area contributed by atoms with E-state index in [1.54, 1.807) is 36.4 Å². The van der Waals surface area contributed by atoms with Crippen LogP contribution in [0, 0.1) is 5.92 Å². The standard InChI is InChI=1S/C18H22N4O5/c1-26-13-4-2-12(3-5-13)22-18(21-8-10-27-11-9-21)14(6-7-19-17(18)25)15(20-22)16(23)24/h2-5,14H,6-11H2,1H3,(H,19,25)(H,23,24). The van der Waals surface area contributed by atoms with Crippen molar-refractivity contribution in [3.63, 3.8) is 0 Å². The Morgan fingerprint density at radius 1 is 1.33 bits per heavy atom. The topological polar surface area (TPSA) is 104 Å². The summed E-state index contributed by atoms with van der Waals surface area (Å²) in [5.41, 5.74) is -0.544. The van der Waals surface area contributed by atoms with E-state index in [2.05, 4.69) is 10.4 Å². The van der Waals surface area contributed by atoms with Gasteiger partial charge in [0.15, 0.2) is 5.71 Å². The van der Waals surface area contributed by atoms with Crippen LogP contribution in [0.1, 0.15) is 6.42 Å². The minimum Gasteiger partial charge on any atom is -0.497 e. The predicted octanol–water partition coefficient (Wildman–Crippen LogP) is 0.120. The number of methoxy groups -OCH3 is 1. The van der Waals surface area contributed by atoms with Crippen molar-refractivity contribution in [2.75, 3.05) is 45.0 Å². The predicted molar refractivity (Wildman–Crippen MR) is 96.8 cm³/mol. The second-order valence-electron chi connectivity index (χ2n) is 6.72. The van der Waals surface area contributed by atoms with E-state index in [9.17, 15) is 14.7 Å². The monoisotopic (exact) mass is 374 g/mol. The number of ether oxygens (including phenoxy) is 2. The quantitative estimate of drug-likeness (QED) is 0.771. The summed E-state index contributed by atoms with van der Waals surface area (Å²) in [5.74, 6) is -1.17. The first-order valence-corrected chi connectivity index (χ1v) is 8.96. The highest BCUT2D eigenvalue weighted by Crippen LogP contribution is 2.44. The van der Waals surface area contributed by atoms with Crippen molar-refractivity contribution in [2.24, 2.45) is 11.0 Å². The zero-order valence-corrected chi connectivity index (χ0v) is 15.1. The van der Waals surface area contributed by atoms with E-state index in [1.165, 1.54) is 0 Å². The van der Waals surface area contributed by atoms with Crippen LogP contribution >= 0.6 is 0 Å². The Morgan fingerprint density at radius 2 is 2.04 bits per heavy atom. The number of hydrogen-bond donors (Lipinski definition) is 2. The van der Waals surface area contributed by atoms with Crippen molar-refractivity contribution in [3.8, 4) is 5.75 Å². The van der Waals surface area contributed by atoms with Gasteiger partial charge in [0.25, 0.3) is 5.91 Å². The van der Waals surface area contributed by atoms with Gasteiger partial charge in [-0.05, 0) is 30.7 Å². The molecule has 144 valence electrons. The molecule has 0 aromatic heterocycles. The van der Waals surface area contributed by atoms with E-state index in [1.807, 2.05) is 4.90 Å². The molecule has 3 aliphatic heterocycles. The Kier molecular flexibility index (Phi) is 4.48. The van der Waals surface area contributed by atoms with Crippen LogP contribution in [0.25, 0.3) is 0 Å². The van der Waals surface area contributed by atoms with Crippen molar-refractivity contribution in [1.82, 2.24) is 10.2 Å². The molecule has 3 heterocycles. The highest BCUT2D eigenvalue weighted by Gasteiger charge is 2.63. The van der Waals surface area contributed by atoms with Crippen LogP contribution < -0.4 is 15.1 Å². The van der Waals surface area contributed by atoms with Gasteiger partial charge in [0.05, 0.1) is 31.9 Å². The fraction of sp³-hybridized carbons (Fsp3) is 0.500. The SMILES string of the molecule is COc1ccc(N2N=C(C(=O)O)C3CCNC(=O)C32N2CCOCC2)cc1. The maximum absolute atomic E-state index is 13.2. The smallest absolute Gasteiger partial charge is 0.352 e. The van der Waals surface area contributed by atoms with Gasteiger partial charge >= 0.3 is 5.97 Å². The molecule has 9 nitrogen and oxygen atoms in total. The fourth-order valence-electron chi connectivity index (χ4n) is 4.22. The molecule has 2 N–H and O–H groups in total. The molecule has 2 fully saturated rings. The Hall–Kier alpha value is -2.65. The number of carboxylic acid groups (broad SMARTS) is 1. The molecule has 1 aromatic carbocycles. The van der Waals surface area contributed by atoms with Crippen molar-refractivity contribution in [3.05, 3.63) is 24.3 Å². The highest BCUT2D eigenvalue weighted by molar-refractivity contribution is 6.38. The molecule has 0 saturated carbocycles. The van der Waals surface area contributed by atoms with E-state index in [4.69, 9.17) is 9.47 Å². The summed E-state index contributed by atoms with van der Waals surface area (Å²) in [6, 6.07) is 7.11. The van der Waals surface area contributed by atoms with Crippen LogP contribution in [0.2, 0.25) is 0 Å². The van der Waals surface area contributed by atoms with Crippen molar-refractivity contribution in [1.29, 1.82) is 0 Å². The molecule has 3 aliphatic rings. The van der Waals surface area contributed by atoms with Crippen molar-refractivity contribution < 1.29 is 24.2 Å². The number of fused-ring (bicyclic) bond motifs is 1. The van der Waals surface area contributed by atoms with Gasteiger partial charge in [-0.25, -0.2) is 9.80 Å². The van der Waals surface area contributed by atoms with Crippen molar-refractivity contribution in [2.45, 2.75) is 12.1 Å². The summed E-state index contributed by atoms with van der Waals surface area (Å²) in [5, 5.41) is 18.7. The molecule has 27 heavy (non-hydrogen) atoms. The maximum atomic E-state index is 13.2. The van der Waals surface area contributed by atoms with Gasteiger partial charge in [-0.15, -0.1) is 0 Å². The molecule has 0 spiro atoms. The Balaban J connectivity index is 1.85. The molecule has 0 bridgehead atoms. The average molecular weight is 374 g/mol. The third kappa shape index (κ3) is 2.65. The molecule has 4 rings (SSSR count). The largest absolute Gasteiger partial charge is 0.497 e. The summed E-state index contributed by atoms with van der Waals surface area (Å²) < 4.78 is 10.7. The zero-order valence-electron chi connectivity index (χ0n) is 15.1. The van der Waals surface area contributed by atoms with Gasteiger partial charge < -0.3 is 19.9 Å². The maximum Gasteiger partial charge on any atom is 0.352 e. The van der Waals surface area contributed by atoms with E-state index >= 15 is 0 Å². The van der Waals surface area contributed by atoms with Crippen LogP contribution in [0.15, 0.2) is 29.4 Å². The van der Waals surface area contributed by atoms with E-state index in [0.29, 0.717) is 50.7 Å². The zero-order chi connectivity index (χ0) is 19.0. The number of piperidine rings is 1. The second kappa shape index (κ2) is 6.82. The van der Waals surface area contributed by atoms with E-state index < -0.39 is 17.6 Å². The molecule has 2 saturated heterocycles. The van der Waals surface area contributed by atoms with Gasteiger partial charge in [-0.1, -0.05) is 0 Å². The molecule has 0 aliphatic carbocycles. The highest BCUT2D eigenvalue weighted by atomic mass is 16.5. The van der Waals surface area contributed by atoms with Crippen LogP contribution in [-0.4, -0.2) is 73.2 Å². The Morgan fingerprint density at radius 3 is 2.67 bits per heavy atom. The van der Waals surface area contributed by atoms with Crippen LogP contribution in [0.3, 0.4) is 0 Å². The molecule has 2 unspecified atom stereocenters. The average Bonchev–Trinajstić information content (AvgIpc) is 3.06. The van der Waals surface area contributed by atoms with Gasteiger partial charge in [-0.3, -0.25) is 9.69 Å². The van der Waals surface area contributed by atoms with Gasteiger partial charge in [0.1, 0.15) is 5.75 Å². The van der Waals surface area contributed by atoms with Crippen LogP contribution in [-0.2, 0) is 14.3 Å². The lowest BCUT2D eigenvalue weighted by Gasteiger charge is -2.50. The third-order valence-electron chi connectivity index (χ3n) is 5.43.